The predicted octanol–water partition coefficient (Wildman–Crippen LogP) is 1.91. The van der Waals surface area contributed by atoms with Gasteiger partial charge in [0.2, 0.25) is 0 Å². The summed E-state index contributed by atoms with van der Waals surface area (Å²) in [5.74, 6) is 0.795. The zero-order valence-electron chi connectivity index (χ0n) is 9.24. The second-order valence-electron chi connectivity index (χ2n) is 3.87. The third-order valence-corrected chi connectivity index (χ3v) is 2.52. The van der Waals surface area contributed by atoms with Gasteiger partial charge < -0.3 is 9.88 Å². The number of nitrogens with zero attached hydrogens (tertiary/aromatic N) is 2. The molecule has 0 saturated heterocycles. The Morgan fingerprint density at radius 1 is 1.50 bits per heavy atom. The van der Waals surface area contributed by atoms with Gasteiger partial charge in [0, 0.05) is 18.9 Å². The molecule has 0 amide bonds. The standard InChI is InChI=1S/C11H21N3/c1-3-11(2)9-12-5-4-7-14-8-6-13-10-14/h6,8,10-12H,3-5,7,9H2,1-2H3/t11-/m0/s1. The Bertz CT molecular complexity index is 218. The number of hydrogen-bond donors (Lipinski definition) is 1. The molecule has 0 saturated carbocycles. The second-order valence-corrected chi connectivity index (χ2v) is 3.87. The van der Waals surface area contributed by atoms with Gasteiger partial charge in [-0.2, -0.15) is 0 Å². The Morgan fingerprint density at radius 2 is 2.36 bits per heavy atom. The van der Waals surface area contributed by atoms with Crippen molar-refractivity contribution in [1.82, 2.24) is 14.9 Å². The van der Waals surface area contributed by atoms with Crippen LogP contribution in [0.1, 0.15) is 26.7 Å². The lowest BCUT2D eigenvalue weighted by molar-refractivity contribution is 0.484. The molecule has 0 aromatic carbocycles. The van der Waals surface area contributed by atoms with Crippen molar-refractivity contribution in [1.29, 1.82) is 0 Å². The molecule has 1 N–H and O–H groups in total. The van der Waals surface area contributed by atoms with Crippen LogP contribution in [0.3, 0.4) is 0 Å². The summed E-state index contributed by atoms with van der Waals surface area (Å²) in [5, 5.41) is 3.46. The van der Waals surface area contributed by atoms with Crippen molar-refractivity contribution in [3.05, 3.63) is 18.7 Å². The summed E-state index contributed by atoms with van der Waals surface area (Å²) in [7, 11) is 0. The van der Waals surface area contributed by atoms with E-state index in [2.05, 4.69) is 28.7 Å². The molecule has 0 fully saturated rings. The summed E-state index contributed by atoms with van der Waals surface area (Å²) in [4.78, 5) is 4.01. The molecule has 1 rings (SSSR count). The molecule has 1 atom stereocenters. The fourth-order valence-corrected chi connectivity index (χ4v) is 1.30. The lowest BCUT2D eigenvalue weighted by Gasteiger charge is -2.09. The highest BCUT2D eigenvalue weighted by atomic mass is 15.0. The monoisotopic (exact) mass is 195 g/mol. The quantitative estimate of drug-likeness (QED) is 0.674. The highest BCUT2D eigenvalue weighted by Gasteiger charge is 1.96. The SMILES string of the molecule is CC[C@H](C)CNCCCn1ccnc1. The summed E-state index contributed by atoms with van der Waals surface area (Å²) in [6.07, 6.45) is 8.14. The molecule has 1 aromatic rings. The first-order valence-electron chi connectivity index (χ1n) is 5.49. The largest absolute Gasteiger partial charge is 0.337 e. The van der Waals surface area contributed by atoms with Gasteiger partial charge in [-0.05, 0) is 25.4 Å². The molecule has 3 heteroatoms. The van der Waals surface area contributed by atoms with Crippen LogP contribution in [0.2, 0.25) is 0 Å². The van der Waals surface area contributed by atoms with Gasteiger partial charge in [0.25, 0.3) is 0 Å². The van der Waals surface area contributed by atoms with Crippen molar-refractivity contribution in [2.75, 3.05) is 13.1 Å². The van der Waals surface area contributed by atoms with Crippen LogP contribution in [0.25, 0.3) is 0 Å². The predicted molar refractivity (Wildman–Crippen MR) is 59.2 cm³/mol. The first kappa shape index (κ1) is 11.2. The van der Waals surface area contributed by atoms with Crippen LogP contribution < -0.4 is 5.32 Å². The molecule has 1 aromatic heterocycles. The van der Waals surface area contributed by atoms with E-state index < -0.39 is 0 Å². The zero-order valence-corrected chi connectivity index (χ0v) is 9.24. The smallest absolute Gasteiger partial charge is 0.0945 e. The van der Waals surface area contributed by atoms with Crippen molar-refractivity contribution in [3.8, 4) is 0 Å². The van der Waals surface area contributed by atoms with E-state index in [4.69, 9.17) is 0 Å². The second kappa shape index (κ2) is 6.60. The van der Waals surface area contributed by atoms with Crippen molar-refractivity contribution in [2.45, 2.75) is 33.2 Å². The minimum Gasteiger partial charge on any atom is -0.337 e. The van der Waals surface area contributed by atoms with Crippen molar-refractivity contribution < 1.29 is 0 Å². The van der Waals surface area contributed by atoms with Gasteiger partial charge in [0.05, 0.1) is 6.33 Å². The van der Waals surface area contributed by atoms with Crippen molar-refractivity contribution in [3.63, 3.8) is 0 Å². The number of imidazole rings is 1. The van der Waals surface area contributed by atoms with Gasteiger partial charge in [-0.1, -0.05) is 20.3 Å². The van der Waals surface area contributed by atoms with Crippen molar-refractivity contribution in [2.24, 2.45) is 5.92 Å². The number of aryl methyl sites for hydroxylation is 1. The van der Waals surface area contributed by atoms with Gasteiger partial charge in [-0.15, -0.1) is 0 Å². The van der Waals surface area contributed by atoms with Gasteiger partial charge >= 0.3 is 0 Å². The van der Waals surface area contributed by atoms with Crippen molar-refractivity contribution >= 4 is 0 Å². The molecule has 0 spiro atoms. The lowest BCUT2D eigenvalue weighted by Crippen LogP contribution is -2.22. The zero-order chi connectivity index (χ0) is 10.2. The molecule has 0 aliphatic rings. The Kier molecular flexibility index (Phi) is 5.30. The van der Waals surface area contributed by atoms with Crippen LogP contribution in [0.5, 0.6) is 0 Å². The number of rotatable bonds is 7. The molecule has 0 aliphatic carbocycles. The fourth-order valence-electron chi connectivity index (χ4n) is 1.30. The first-order chi connectivity index (χ1) is 6.83. The van der Waals surface area contributed by atoms with Gasteiger partial charge in [0.15, 0.2) is 0 Å². The average Bonchev–Trinajstić information content (AvgIpc) is 2.69. The number of aromatic nitrogens is 2. The Balaban J connectivity index is 1.95. The topological polar surface area (TPSA) is 29.9 Å². The molecular weight excluding hydrogens is 174 g/mol. The summed E-state index contributed by atoms with van der Waals surface area (Å²) < 4.78 is 2.12. The molecule has 14 heavy (non-hydrogen) atoms. The maximum Gasteiger partial charge on any atom is 0.0945 e. The summed E-state index contributed by atoms with van der Waals surface area (Å²) in [6, 6.07) is 0. The first-order valence-corrected chi connectivity index (χ1v) is 5.49. The summed E-state index contributed by atoms with van der Waals surface area (Å²) in [5.41, 5.74) is 0. The third-order valence-electron chi connectivity index (χ3n) is 2.52. The Hall–Kier alpha value is -0.830. The van der Waals surface area contributed by atoms with Crippen LogP contribution >= 0.6 is 0 Å². The summed E-state index contributed by atoms with van der Waals surface area (Å²) in [6.45, 7) is 7.82. The average molecular weight is 195 g/mol. The molecular formula is C11H21N3. The normalized spacial score (nSPS) is 13.0. The van der Waals surface area contributed by atoms with E-state index in [1.54, 1.807) is 0 Å². The minimum absolute atomic E-state index is 0.795. The van der Waals surface area contributed by atoms with E-state index in [9.17, 15) is 0 Å². The van der Waals surface area contributed by atoms with Crippen LogP contribution in [0.4, 0.5) is 0 Å². The highest BCUT2D eigenvalue weighted by molar-refractivity contribution is 4.73. The van der Waals surface area contributed by atoms with E-state index in [1.807, 2.05) is 18.7 Å². The van der Waals surface area contributed by atoms with Crippen LogP contribution in [-0.2, 0) is 6.54 Å². The van der Waals surface area contributed by atoms with E-state index in [-0.39, 0.29) is 0 Å². The molecule has 0 bridgehead atoms. The third kappa shape index (κ3) is 4.42. The molecule has 3 nitrogen and oxygen atoms in total. The van der Waals surface area contributed by atoms with E-state index in [0.29, 0.717) is 0 Å². The maximum atomic E-state index is 4.01. The molecule has 80 valence electrons. The number of nitrogens with one attached hydrogen (secondary N) is 1. The Morgan fingerprint density at radius 3 is 3.00 bits per heavy atom. The molecule has 1 heterocycles. The number of hydrogen-bond acceptors (Lipinski definition) is 2. The molecule has 0 radical (unpaired) electrons. The van der Waals surface area contributed by atoms with E-state index in [1.165, 1.54) is 12.8 Å². The highest BCUT2D eigenvalue weighted by Crippen LogP contribution is 1.97. The van der Waals surface area contributed by atoms with Gasteiger partial charge in [-0.25, -0.2) is 4.98 Å². The van der Waals surface area contributed by atoms with Crippen LogP contribution in [0.15, 0.2) is 18.7 Å². The maximum absolute atomic E-state index is 4.01. The molecule has 0 unspecified atom stereocenters. The van der Waals surface area contributed by atoms with E-state index >= 15 is 0 Å². The van der Waals surface area contributed by atoms with Gasteiger partial charge in [-0.3, -0.25) is 0 Å². The fraction of sp³-hybridized carbons (Fsp3) is 0.727. The van der Waals surface area contributed by atoms with Crippen LogP contribution in [-0.4, -0.2) is 22.6 Å². The Labute approximate surface area is 86.5 Å². The van der Waals surface area contributed by atoms with Gasteiger partial charge in [0.1, 0.15) is 0 Å². The van der Waals surface area contributed by atoms with Crippen LogP contribution in [0, 0.1) is 5.92 Å². The minimum atomic E-state index is 0.795. The summed E-state index contributed by atoms with van der Waals surface area (Å²) >= 11 is 0. The van der Waals surface area contributed by atoms with E-state index in [0.717, 1.165) is 25.6 Å². The lowest BCUT2D eigenvalue weighted by atomic mass is 10.1. The molecule has 0 aliphatic heterocycles.